The number of carboxylic acid groups (broad SMARTS) is 1. The molecule has 0 unspecified atom stereocenters. The highest BCUT2D eigenvalue weighted by Crippen LogP contribution is 2.30. The van der Waals surface area contributed by atoms with Gasteiger partial charge in [-0.1, -0.05) is 6.92 Å². The first-order valence-corrected chi connectivity index (χ1v) is 8.63. The van der Waals surface area contributed by atoms with Crippen molar-refractivity contribution in [3.8, 4) is 0 Å². The number of anilines is 1. The summed E-state index contributed by atoms with van der Waals surface area (Å²) in [6, 6.07) is 2.14. The molecular formula is C15H19N5O3S. The van der Waals surface area contributed by atoms with E-state index in [1.807, 2.05) is 0 Å². The summed E-state index contributed by atoms with van der Waals surface area (Å²) in [5, 5.41) is 11.7. The number of rotatable bonds is 4. The molecule has 2 amide bonds. The molecule has 0 radical (unpaired) electrons. The van der Waals surface area contributed by atoms with Crippen LogP contribution in [-0.2, 0) is 11.2 Å². The lowest BCUT2D eigenvalue weighted by atomic mass is 10.2. The van der Waals surface area contributed by atoms with Crippen LogP contribution in [0.5, 0.6) is 0 Å². The van der Waals surface area contributed by atoms with Crippen molar-refractivity contribution < 1.29 is 14.7 Å². The van der Waals surface area contributed by atoms with E-state index in [2.05, 4.69) is 33.2 Å². The van der Waals surface area contributed by atoms with Crippen LogP contribution in [0, 0.1) is 0 Å². The number of piperazine rings is 1. The number of carbonyl (C=O) groups is 2. The molecule has 0 aliphatic carbocycles. The summed E-state index contributed by atoms with van der Waals surface area (Å²) >= 11 is 1.68. The minimum absolute atomic E-state index is 0.183. The Bertz CT molecular complexity index is 755. The van der Waals surface area contributed by atoms with E-state index < -0.39 is 6.09 Å². The van der Waals surface area contributed by atoms with Crippen LogP contribution in [0.3, 0.4) is 0 Å². The van der Waals surface area contributed by atoms with Gasteiger partial charge in [-0.2, -0.15) is 0 Å². The van der Waals surface area contributed by atoms with E-state index in [0.717, 1.165) is 22.5 Å². The summed E-state index contributed by atoms with van der Waals surface area (Å²) in [4.78, 5) is 37.3. The third-order valence-corrected chi connectivity index (χ3v) is 5.22. The van der Waals surface area contributed by atoms with E-state index in [9.17, 15) is 9.59 Å². The number of fused-ring (bicyclic) bond motifs is 1. The molecule has 1 fully saturated rings. The third-order valence-electron chi connectivity index (χ3n) is 4.03. The van der Waals surface area contributed by atoms with Gasteiger partial charge in [0.2, 0.25) is 5.91 Å². The fourth-order valence-corrected chi connectivity index (χ4v) is 3.68. The Kier molecular flexibility index (Phi) is 4.79. The number of amides is 2. The molecule has 0 atom stereocenters. The Hall–Kier alpha value is -2.42. The number of carbonyl (C=O) groups excluding carboxylic acids is 1. The van der Waals surface area contributed by atoms with Crippen molar-refractivity contribution in [1.82, 2.24) is 20.2 Å². The maximum atomic E-state index is 12.0. The normalized spacial score (nSPS) is 14.9. The quantitative estimate of drug-likeness (QED) is 0.860. The van der Waals surface area contributed by atoms with Crippen LogP contribution in [0.15, 0.2) is 12.4 Å². The van der Waals surface area contributed by atoms with Gasteiger partial charge in [0.05, 0.1) is 5.39 Å². The minimum atomic E-state index is -1.19. The van der Waals surface area contributed by atoms with Gasteiger partial charge in [-0.05, 0) is 12.5 Å². The van der Waals surface area contributed by atoms with Crippen LogP contribution in [0.25, 0.3) is 10.2 Å². The molecule has 1 aliphatic rings. The SMILES string of the molecule is CCc1cc2c(N3CCN(C(=O)CNC(=O)O)CC3)ncnc2s1. The molecular weight excluding hydrogens is 330 g/mol. The van der Waals surface area contributed by atoms with Crippen molar-refractivity contribution in [2.75, 3.05) is 37.6 Å². The van der Waals surface area contributed by atoms with E-state index in [0.29, 0.717) is 26.2 Å². The largest absolute Gasteiger partial charge is 0.465 e. The molecule has 2 aromatic rings. The fourth-order valence-electron chi connectivity index (χ4n) is 2.75. The average Bonchev–Trinajstić information content (AvgIpc) is 3.03. The van der Waals surface area contributed by atoms with Gasteiger partial charge in [-0.25, -0.2) is 14.8 Å². The Labute approximate surface area is 143 Å². The first kappa shape index (κ1) is 16.4. The summed E-state index contributed by atoms with van der Waals surface area (Å²) in [5.41, 5.74) is 0. The van der Waals surface area contributed by atoms with Gasteiger partial charge in [-0.15, -0.1) is 11.3 Å². The van der Waals surface area contributed by atoms with Gasteiger partial charge in [0.25, 0.3) is 0 Å². The van der Waals surface area contributed by atoms with E-state index in [-0.39, 0.29) is 12.5 Å². The molecule has 8 nitrogen and oxygen atoms in total. The molecule has 3 rings (SSSR count). The van der Waals surface area contributed by atoms with Crippen molar-refractivity contribution in [2.24, 2.45) is 0 Å². The zero-order chi connectivity index (χ0) is 17.1. The van der Waals surface area contributed by atoms with E-state index in [1.165, 1.54) is 4.88 Å². The summed E-state index contributed by atoms with van der Waals surface area (Å²) in [7, 11) is 0. The van der Waals surface area contributed by atoms with Crippen molar-refractivity contribution >= 4 is 39.4 Å². The smallest absolute Gasteiger partial charge is 0.405 e. The zero-order valence-electron chi connectivity index (χ0n) is 13.4. The minimum Gasteiger partial charge on any atom is -0.465 e. The molecule has 0 saturated carbocycles. The van der Waals surface area contributed by atoms with Crippen molar-refractivity contribution in [3.05, 3.63) is 17.3 Å². The Morgan fingerprint density at radius 3 is 2.71 bits per heavy atom. The van der Waals surface area contributed by atoms with Crippen molar-refractivity contribution in [1.29, 1.82) is 0 Å². The maximum Gasteiger partial charge on any atom is 0.405 e. The molecule has 2 N–H and O–H groups in total. The molecule has 9 heteroatoms. The van der Waals surface area contributed by atoms with Crippen LogP contribution in [0.2, 0.25) is 0 Å². The summed E-state index contributed by atoms with van der Waals surface area (Å²) < 4.78 is 0. The molecule has 3 heterocycles. The van der Waals surface area contributed by atoms with Crippen LogP contribution in [0.4, 0.5) is 10.6 Å². The number of thiophene rings is 1. The van der Waals surface area contributed by atoms with Gasteiger partial charge >= 0.3 is 6.09 Å². The second-order valence-electron chi connectivity index (χ2n) is 5.51. The highest BCUT2D eigenvalue weighted by atomic mass is 32.1. The van der Waals surface area contributed by atoms with Crippen LogP contribution >= 0.6 is 11.3 Å². The number of aryl methyl sites for hydroxylation is 1. The first-order valence-electron chi connectivity index (χ1n) is 7.81. The topological polar surface area (TPSA) is 98.7 Å². The van der Waals surface area contributed by atoms with Crippen molar-refractivity contribution in [3.63, 3.8) is 0 Å². The number of hydrogen-bond acceptors (Lipinski definition) is 6. The van der Waals surface area contributed by atoms with Crippen LogP contribution in [0.1, 0.15) is 11.8 Å². The van der Waals surface area contributed by atoms with Gasteiger partial charge in [0.1, 0.15) is 23.5 Å². The number of hydrogen-bond donors (Lipinski definition) is 2. The third kappa shape index (κ3) is 3.40. The standard InChI is InChI=1S/C15H19N5O3S/c1-2-10-7-11-13(17-9-18-14(11)24-10)20-5-3-19(4-6-20)12(21)8-16-15(22)23/h7,9,16H,2-6,8H2,1H3,(H,22,23). The van der Waals surface area contributed by atoms with Crippen molar-refractivity contribution in [2.45, 2.75) is 13.3 Å². The highest BCUT2D eigenvalue weighted by molar-refractivity contribution is 7.18. The molecule has 0 spiro atoms. The Morgan fingerprint density at radius 1 is 1.29 bits per heavy atom. The van der Waals surface area contributed by atoms with Crippen LogP contribution < -0.4 is 10.2 Å². The predicted molar refractivity (Wildman–Crippen MR) is 91.6 cm³/mol. The molecule has 2 aromatic heterocycles. The number of nitrogens with one attached hydrogen (secondary N) is 1. The maximum absolute atomic E-state index is 12.0. The second-order valence-corrected chi connectivity index (χ2v) is 6.62. The summed E-state index contributed by atoms with van der Waals surface area (Å²) in [6.45, 7) is 4.38. The zero-order valence-corrected chi connectivity index (χ0v) is 14.2. The molecule has 24 heavy (non-hydrogen) atoms. The average molecular weight is 349 g/mol. The Balaban J connectivity index is 1.67. The van der Waals surface area contributed by atoms with E-state index in [1.54, 1.807) is 22.6 Å². The second kappa shape index (κ2) is 7.00. The number of aromatic nitrogens is 2. The molecule has 0 bridgehead atoms. The molecule has 0 aromatic carbocycles. The highest BCUT2D eigenvalue weighted by Gasteiger charge is 2.23. The van der Waals surface area contributed by atoms with E-state index >= 15 is 0 Å². The van der Waals surface area contributed by atoms with Crippen LogP contribution in [-0.4, -0.2) is 64.7 Å². The van der Waals surface area contributed by atoms with Gasteiger partial charge in [0.15, 0.2) is 0 Å². The summed E-state index contributed by atoms with van der Waals surface area (Å²) in [5.74, 6) is 0.709. The van der Waals surface area contributed by atoms with E-state index in [4.69, 9.17) is 5.11 Å². The predicted octanol–water partition coefficient (Wildman–Crippen LogP) is 1.17. The lowest BCUT2D eigenvalue weighted by Gasteiger charge is -2.35. The fraction of sp³-hybridized carbons (Fsp3) is 0.467. The van der Waals surface area contributed by atoms with Gasteiger partial charge in [0, 0.05) is 31.1 Å². The van der Waals surface area contributed by atoms with Gasteiger partial charge < -0.3 is 20.2 Å². The first-order chi connectivity index (χ1) is 11.6. The summed E-state index contributed by atoms with van der Waals surface area (Å²) in [6.07, 6.45) is 1.37. The lowest BCUT2D eigenvalue weighted by molar-refractivity contribution is -0.130. The Morgan fingerprint density at radius 2 is 2.04 bits per heavy atom. The lowest BCUT2D eigenvalue weighted by Crippen LogP contribution is -2.51. The molecule has 1 aliphatic heterocycles. The molecule has 128 valence electrons. The number of nitrogens with zero attached hydrogens (tertiary/aromatic N) is 4. The monoisotopic (exact) mass is 349 g/mol. The molecule has 1 saturated heterocycles. The van der Waals surface area contributed by atoms with Gasteiger partial charge in [-0.3, -0.25) is 4.79 Å².